The van der Waals surface area contributed by atoms with E-state index in [1.54, 1.807) is 10.9 Å². The maximum Gasteiger partial charge on any atom is 0.211 e. The van der Waals surface area contributed by atoms with Crippen molar-refractivity contribution in [2.75, 3.05) is 12.9 Å². The molecule has 0 aliphatic rings. The molecule has 1 aromatic heterocycles. The van der Waals surface area contributed by atoms with Crippen LogP contribution in [0.4, 0.5) is 0 Å². The third-order valence-corrected chi connectivity index (χ3v) is 3.52. The molecule has 0 atom stereocenters. The van der Waals surface area contributed by atoms with Gasteiger partial charge in [-0.3, -0.25) is 0 Å². The Kier molecular flexibility index (Phi) is 6.04. The number of hydrogen-bond acceptors (Lipinski definition) is 6. The molecule has 23 heavy (non-hydrogen) atoms. The predicted octanol–water partition coefficient (Wildman–Crippen LogP) is 3.38. The quantitative estimate of drug-likeness (QED) is 0.574. The fourth-order valence-electron chi connectivity index (χ4n) is 1.95. The van der Waals surface area contributed by atoms with Gasteiger partial charge in [-0.05, 0) is 57.7 Å². The molecule has 0 aliphatic heterocycles. The summed E-state index contributed by atoms with van der Waals surface area (Å²) in [5.74, 6) is 2.20. The van der Waals surface area contributed by atoms with Gasteiger partial charge in [0, 0.05) is 0 Å². The fraction of sp³-hybridized carbons (Fsp3) is 0.438. The topological polar surface area (TPSA) is 61.5 Å². The third-order valence-electron chi connectivity index (χ3n) is 2.90. The highest BCUT2D eigenvalue weighted by molar-refractivity contribution is 7.98. The lowest BCUT2D eigenvalue weighted by atomic mass is 10.2. The second-order valence-electron chi connectivity index (χ2n) is 5.10. The van der Waals surface area contributed by atoms with Crippen LogP contribution in [0, 0.1) is 6.92 Å². The third kappa shape index (κ3) is 4.48. The molecule has 2 aromatic rings. The van der Waals surface area contributed by atoms with E-state index in [1.165, 1.54) is 11.8 Å². The van der Waals surface area contributed by atoms with Crippen LogP contribution >= 0.6 is 11.8 Å². The second-order valence-corrected chi connectivity index (χ2v) is 5.87. The SMILES string of the molecule is CCOc1cc(/C=N\n2c(C)nnc2SC)ccc1OC(C)C. The van der Waals surface area contributed by atoms with Crippen molar-refractivity contribution in [3.63, 3.8) is 0 Å². The Bertz CT molecular complexity index is 683. The first-order valence-corrected chi connectivity index (χ1v) is 8.71. The number of thioether (sulfide) groups is 1. The van der Waals surface area contributed by atoms with Crippen LogP contribution in [0.25, 0.3) is 0 Å². The summed E-state index contributed by atoms with van der Waals surface area (Å²) in [6, 6.07) is 5.77. The van der Waals surface area contributed by atoms with E-state index in [1.807, 2.05) is 52.1 Å². The molecule has 0 saturated heterocycles. The van der Waals surface area contributed by atoms with E-state index in [2.05, 4.69) is 15.3 Å². The summed E-state index contributed by atoms with van der Waals surface area (Å²) >= 11 is 1.50. The normalized spacial score (nSPS) is 11.4. The first-order chi connectivity index (χ1) is 11.0. The van der Waals surface area contributed by atoms with Crippen LogP contribution in [0.5, 0.6) is 11.5 Å². The zero-order chi connectivity index (χ0) is 16.8. The van der Waals surface area contributed by atoms with Crippen molar-refractivity contribution in [2.45, 2.75) is 39.0 Å². The molecule has 124 valence electrons. The monoisotopic (exact) mass is 334 g/mol. The van der Waals surface area contributed by atoms with Crippen LogP contribution in [0.2, 0.25) is 0 Å². The molecular formula is C16H22N4O2S. The maximum atomic E-state index is 5.76. The summed E-state index contributed by atoms with van der Waals surface area (Å²) in [7, 11) is 0. The van der Waals surface area contributed by atoms with E-state index >= 15 is 0 Å². The smallest absolute Gasteiger partial charge is 0.211 e. The van der Waals surface area contributed by atoms with Crippen molar-refractivity contribution < 1.29 is 9.47 Å². The molecule has 2 rings (SSSR count). The van der Waals surface area contributed by atoms with E-state index < -0.39 is 0 Å². The van der Waals surface area contributed by atoms with Crippen molar-refractivity contribution in [2.24, 2.45) is 5.10 Å². The van der Waals surface area contributed by atoms with Gasteiger partial charge in [0.25, 0.3) is 0 Å². The Morgan fingerprint density at radius 1 is 1.30 bits per heavy atom. The Morgan fingerprint density at radius 3 is 2.74 bits per heavy atom. The van der Waals surface area contributed by atoms with Crippen molar-refractivity contribution in [3.05, 3.63) is 29.6 Å². The number of rotatable bonds is 7. The summed E-state index contributed by atoms with van der Waals surface area (Å²) in [5.41, 5.74) is 0.921. The lowest BCUT2D eigenvalue weighted by molar-refractivity contribution is 0.224. The Labute approximate surface area is 140 Å². The molecule has 0 amide bonds. The Morgan fingerprint density at radius 2 is 2.09 bits per heavy atom. The van der Waals surface area contributed by atoms with Gasteiger partial charge in [0.2, 0.25) is 5.16 Å². The van der Waals surface area contributed by atoms with Gasteiger partial charge in [-0.1, -0.05) is 11.8 Å². The van der Waals surface area contributed by atoms with Crippen LogP contribution in [-0.4, -0.2) is 40.1 Å². The number of aryl methyl sites for hydroxylation is 1. The minimum atomic E-state index is 0.0949. The number of ether oxygens (including phenoxy) is 2. The zero-order valence-electron chi connectivity index (χ0n) is 14.1. The zero-order valence-corrected chi connectivity index (χ0v) is 14.9. The summed E-state index contributed by atoms with van der Waals surface area (Å²) in [5, 5.41) is 13.3. The first-order valence-electron chi connectivity index (χ1n) is 7.49. The van der Waals surface area contributed by atoms with Crippen LogP contribution in [0.15, 0.2) is 28.5 Å². The van der Waals surface area contributed by atoms with Crippen LogP contribution in [-0.2, 0) is 0 Å². The van der Waals surface area contributed by atoms with E-state index in [0.29, 0.717) is 6.61 Å². The fourth-order valence-corrected chi connectivity index (χ4v) is 2.42. The van der Waals surface area contributed by atoms with Crippen molar-refractivity contribution >= 4 is 18.0 Å². The average Bonchev–Trinajstić information content (AvgIpc) is 2.87. The summed E-state index contributed by atoms with van der Waals surface area (Å²) in [4.78, 5) is 0. The number of aromatic nitrogens is 3. The molecule has 0 radical (unpaired) electrons. The Hall–Kier alpha value is -2.02. The van der Waals surface area contributed by atoms with E-state index in [0.717, 1.165) is 28.0 Å². The molecule has 0 fully saturated rings. The second kappa shape index (κ2) is 8.01. The van der Waals surface area contributed by atoms with Gasteiger partial charge in [0.1, 0.15) is 0 Å². The van der Waals surface area contributed by atoms with Gasteiger partial charge in [-0.15, -0.1) is 10.2 Å². The first kappa shape index (κ1) is 17.3. The highest BCUT2D eigenvalue weighted by Gasteiger charge is 2.09. The molecule has 0 saturated carbocycles. The van der Waals surface area contributed by atoms with Crippen LogP contribution < -0.4 is 9.47 Å². The number of nitrogens with zero attached hydrogens (tertiary/aromatic N) is 4. The number of benzene rings is 1. The molecule has 0 unspecified atom stereocenters. The summed E-state index contributed by atoms with van der Waals surface area (Å²) < 4.78 is 13.1. The lowest BCUT2D eigenvalue weighted by Gasteiger charge is -2.14. The minimum absolute atomic E-state index is 0.0949. The molecule has 6 nitrogen and oxygen atoms in total. The van der Waals surface area contributed by atoms with Gasteiger partial charge in [0.05, 0.1) is 18.9 Å². The van der Waals surface area contributed by atoms with E-state index in [4.69, 9.17) is 9.47 Å². The highest BCUT2D eigenvalue weighted by atomic mass is 32.2. The molecule has 1 aromatic carbocycles. The van der Waals surface area contributed by atoms with E-state index in [-0.39, 0.29) is 6.10 Å². The summed E-state index contributed by atoms with van der Waals surface area (Å²) in [6.07, 6.45) is 3.80. The Balaban J connectivity index is 2.27. The molecule has 1 heterocycles. The van der Waals surface area contributed by atoms with E-state index in [9.17, 15) is 0 Å². The molecule has 0 aliphatic carbocycles. The highest BCUT2D eigenvalue weighted by Crippen LogP contribution is 2.29. The maximum absolute atomic E-state index is 5.76. The molecular weight excluding hydrogens is 312 g/mol. The average molecular weight is 334 g/mol. The van der Waals surface area contributed by atoms with Gasteiger partial charge in [0.15, 0.2) is 17.3 Å². The van der Waals surface area contributed by atoms with Crippen molar-refractivity contribution in [3.8, 4) is 11.5 Å². The van der Waals surface area contributed by atoms with Gasteiger partial charge in [-0.25, -0.2) is 0 Å². The molecule has 7 heteroatoms. The van der Waals surface area contributed by atoms with Crippen molar-refractivity contribution in [1.82, 2.24) is 14.9 Å². The van der Waals surface area contributed by atoms with Crippen LogP contribution in [0.3, 0.4) is 0 Å². The largest absolute Gasteiger partial charge is 0.490 e. The minimum Gasteiger partial charge on any atom is -0.490 e. The van der Waals surface area contributed by atoms with Gasteiger partial charge >= 0.3 is 0 Å². The standard InChI is InChI=1S/C16H22N4O2S/c1-6-21-15-9-13(7-8-14(15)22-11(2)3)10-17-20-12(4)18-19-16(20)23-5/h7-11H,6H2,1-5H3/b17-10-. The predicted molar refractivity (Wildman–Crippen MR) is 92.9 cm³/mol. The van der Waals surface area contributed by atoms with Gasteiger partial charge in [-0.2, -0.15) is 9.78 Å². The van der Waals surface area contributed by atoms with Crippen molar-refractivity contribution in [1.29, 1.82) is 0 Å². The van der Waals surface area contributed by atoms with Gasteiger partial charge < -0.3 is 9.47 Å². The summed E-state index contributed by atoms with van der Waals surface area (Å²) in [6.45, 7) is 8.38. The molecule has 0 bridgehead atoms. The lowest BCUT2D eigenvalue weighted by Crippen LogP contribution is -2.07. The molecule has 0 N–H and O–H groups in total. The van der Waals surface area contributed by atoms with Crippen LogP contribution in [0.1, 0.15) is 32.2 Å². The molecule has 0 spiro atoms. The number of hydrogen-bond donors (Lipinski definition) is 0.